The van der Waals surface area contributed by atoms with E-state index in [-0.39, 0.29) is 30.9 Å². The highest BCUT2D eigenvalue weighted by atomic mass is 31.3. The van der Waals surface area contributed by atoms with E-state index in [1.807, 2.05) is 12.2 Å². The molecule has 21 heteroatoms. The maximum absolute atomic E-state index is 12.9. The highest BCUT2D eigenvalue weighted by molar-refractivity contribution is 7.61. The van der Waals surface area contributed by atoms with Crippen LogP contribution in [0.4, 0.5) is 5.82 Å². The van der Waals surface area contributed by atoms with Gasteiger partial charge in [-0.3, -0.25) is 23.2 Å². The Bertz CT molecular complexity index is 2040. The second kappa shape index (κ2) is 35.3. The molecule has 1 aromatic heterocycles. The molecule has 0 aliphatic carbocycles. The summed E-state index contributed by atoms with van der Waals surface area (Å²) in [5.74, 6) is -1.40. The van der Waals surface area contributed by atoms with Crippen LogP contribution in [-0.2, 0) is 51.0 Å². The molecule has 1 aromatic rings. The van der Waals surface area contributed by atoms with Crippen LogP contribution >= 0.6 is 15.6 Å². The molecule has 6 N–H and O–H groups in total. The van der Waals surface area contributed by atoms with Crippen LogP contribution in [0.5, 0.6) is 0 Å². The molecule has 0 aromatic carbocycles. The van der Waals surface area contributed by atoms with E-state index in [0.717, 1.165) is 87.8 Å². The summed E-state index contributed by atoms with van der Waals surface area (Å²) in [7, 11) is -10.9. The van der Waals surface area contributed by atoms with Gasteiger partial charge in [0.25, 0.3) is 0 Å². The highest BCUT2D eigenvalue weighted by Crippen LogP contribution is 2.60. The number of ether oxygens (including phenoxy) is 4. The zero-order chi connectivity index (χ0) is 51.7. The third-order valence-electron chi connectivity index (χ3n) is 11.2. The van der Waals surface area contributed by atoms with Crippen molar-refractivity contribution in [2.75, 3.05) is 25.6 Å². The predicted octanol–water partition coefficient (Wildman–Crippen LogP) is 9.10. The van der Waals surface area contributed by atoms with E-state index in [9.17, 15) is 43.5 Å². The Kier molecular flexibility index (Phi) is 30.6. The summed E-state index contributed by atoms with van der Waals surface area (Å²) in [6.07, 6.45) is 35.9. The minimum Gasteiger partial charge on any atom is -0.462 e. The molecule has 3 rings (SSSR count). The van der Waals surface area contributed by atoms with Crippen LogP contribution in [0.3, 0.4) is 0 Å². The third kappa shape index (κ3) is 27.7. The van der Waals surface area contributed by atoms with Gasteiger partial charge < -0.3 is 44.7 Å². The molecule has 0 bridgehead atoms. The molecule has 0 spiro atoms. The Morgan fingerprint density at radius 2 is 1.27 bits per heavy atom. The van der Waals surface area contributed by atoms with Crippen molar-refractivity contribution in [1.82, 2.24) is 9.55 Å². The Hall–Kier alpha value is -3.84. The summed E-state index contributed by atoms with van der Waals surface area (Å²) < 4.78 is 62.4. The van der Waals surface area contributed by atoms with Crippen LogP contribution < -0.4 is 11.4 Å². The van der Waals surface area contributed by atoms with Crippen molar-refractivity contribution in [3.05, 3.63) is 95.7 Å². The first-order chi connectivity index (χ1) is 34.1. The average Bonchev–Trinajstić information content (AvgIpc) is 4.02. The van der Waals surface area contributed by atoms with E-state index >= 15 is 0 Å². The van der Waals surface area contributed by atoms with Crippen molar-refractivity contribution in [3.63, 3.8) is 0 Å². The zero-order valence-electron chi connectivity index (χ0n) is 41.4. The number of nitrogens with zero attached hydrogens (tertiary/aromatic N) is 2. The standard InChI is InChI=1S/C50H79N3O16P2/c1-3-5-7-9-11-12-13-14-15-16-17-18-21-25-29-33-45(54)63-37-40(66-46(55)34-30-26-22-19-20-24-28-32-42-41(67-42)31-27-23-10-8-6-4-2)38-64-70(59,60)69-71(61,62)65-39-43-47(56)48(57)49(68-43)53-36-35-44(51)52-50(53)58/h5,7,11-12,14-15,19,22-24,27-28,35-36,40-43,47-49,56-57H,3-4,6,8-10,13,16-18,20-21,25-26,29-34,37-39H2,1-2H3,(H,59,60)(H,61,62)(H2,51,52,58)/b7-5-,12-11-,15-14-,22-19-,27-23-,28-24-/t40-,41?,42?,43-,47-,48-,49-/m1/s1. The number of carbonyl (C=O) groups is 2. The first-order valence-corrected chi connectivity index (χ1v) is 28.1. The Balaban J connectivity index is 1.43. The summed E-state index contributed by atoms with van der Waals surface area (Å²) >= 11 is 0. The molecular formula is C50H79N3O16P2. The monoisotopic (exact) mass is 1040 g/mol. The SMILES string of the molecule is CC/C=C\C/C=C\C/C=C\CCCCCCCC(=O)OC[C@H](COP(=O)(O)OP(=O)(O)OC[C@H]1O[C@@H](n2ccc(N)nc2=O)[C@H](O)[C@@H]1O)OC(=O)CCC/C=C\C/C=C\CC1OC1C/C=C\CCCCC. The maximum atomic E-state index is 12.9. The summed E-state index contributed by atoms with van der Waals surface area (Å²) in [6.45, 7) is 1.92. The quantitative estimate of drug-likeness (QED) is 0.0135. The van der Waals surface area contributed by atoms with Gasteiger partial charge in [-0.05, 0) is 89.5 Å². The molecular weight excluding hydrogens is 961 g/mol. The molecule has 71 heavy (non-hydrogen) atoms. The summed E-state index contributed by atoms with van der Waals surface area (Å²) in [6, 6.07) is 1.24. The normalized spacial score (nSPS) is 22.6. The van der Waals surface area contributed by atoms with Crippen LogP contribution in [0.2, 0.25) is 0 Å². The van der Waals surface area contributed by atoms with Crippen molar-refractivity contribution in [2.24, 2.45) is 0 Å². The molecule has 2 aliphatic heterocycles. The second-order valence-corrected chi connectivity index (χ2v) is 20.4. The number of aromatic nitrogens is 2. The third-order valence-corrected chi connectivity index (χ3v) is 13.8. The Morgan fingerprint density at radius 3 is 1.94 bits per heavy atom. The number of hydrogen-bond acceptors (Lipinski definition) is 16. The fourth-order valence-electron chi connectivity index (χ4n) is 7.18. The van der Waals surface area contributed by atoms with Gasteiger partial charge in [-0.25, -0.2) is 13.9 Å². The molecule has 0 radical (unpaired) electrons. The number of esters is 2. The van der Waals surface area contributed by atoms with Crippen molar-refractivity contribution in [1.29, 1.82) is 0 Å². The van der Waals surface area contributed by atoms with Gasteiger partial charge in [0.2, 0.25) is 0 Å². The number of nitrogens with two attached hydrogens (primary N) is 1. The van der Waals surface area contributed by atoms with Crippen LogP contribution in [0.25, 0.3) is 0 Å². The molecule has 4 unspecified atom stereocenters. The minimum atomic E-state index is -5.45. The predicted molar refractivity (Wildman–Crippen MR) is 270 cm³/mol. The minimum absolute atomic E-state index is 0.0387. The van der Waals surface area contributed by atoms with Crippen molar-refractivity contribution in [2.45, 2.75) is 185 Å². The number of aliphatic hydroxyl groups excluding tert-OH is 2. The largest absolute Gasteiger partial charge is 0.481 e. The average molecular weight is 1040 g/mol. The van der Waals surface area contributed by atoms with Crippen LogP contribution in [0.1, 0.15) is 148 Å². The molecule has 19 nitrogen and oxygen atoms in total. The fourth-order valence-corrected chi connectivity index (χ4v) is 9.29. The molecule has 3 heterocycles. The van der Waals surface area contributed by atoms with E-state index in [1.54, 1.807) is 0 Å². The number of phosphoric ester groups is 2. The number of carbonyl (C=O) groups excluding carboxylic acids is 2. The fraction of sp³-hybridized carbons (Fsp3) is 0.640. The number of phosphoric acid groups is 2. The lowest BCUT2D eigenvalue weighted by atomic mass is 10.1. The van der Waals surface area contributed by atoms with Crippen LogP contribution in [0.15, 0.2) is 90.0 Å². The molecule has 0 saturated carbocycles. The van der Waals surface area contributed by atoms with Gasteiger partial charge in [-0.15, -0.1) is 0 Å². The lowest BCUT2D eigenvalue weighted by Crippen LogP contribution is -2.36. The molecule has 2 saturated heterocycles. The van der Waals surface area contributed by atoms with Gasteiger partial charge >= 0.3 is 33.3 Å². The number of unbranched alkanes of at least 4 members (excludes halogenated alkanes) is 9. The van der Waals surface area contributed by atoms with Gasteiger partial charge in [0.1, 0.15) is 30.7 Å². The van der Waals surface area contributed by atoms with Crippen LogP contribution in [0, 0.1) is 0 Å². The zero-order valence-corrected chi connectivity index (χ0v) is 43.2. The summed E-state index contributed by atoms with van der Waals surface area (Å²) in [5, 5.41) is 20.9. The Morgan fingerprint density at radius 1 is 0.704 bits per heavy atom. The van der Waals surface area contributed by atoms with Crippen LogP contribution in [-0.4, -0.2) is 97.9 Å². The van der Waals surface area contributed by atoms with E-state index < -0.39 is 83.7 Å². The first-order valence-electron chi connectivity index (χ1n) is 25.1. The van der Waals surface area contributed by atoms with E-state index in [2.05, 4.69) is 83.9 Å². The first kappa shape index (κ1) is 61.5. The summed E-state index contributed by atoms with van der Waals surface area (Å²) in [5.41, 5.74) is 4.58. The Labute approximate surface area is 419 Å². The maximum Gasteiger partial charge on any atom is 0.481 e. The molecule has 2 aliphatic rings. The lowest BCUT2D eigenvalue weighted by Gasteiger charge is -2.21. The molecule has 400 valence electrons. The van der Waals surface area contributed by atoms with E-state index in [4.69, 9.17) is 33.7 Å². The van der Waals surface area contributed by atoms with Crippen molar-refractivity contribution in [3.8, 4) is 0 Å². The van der Waals surface area contributed by atoms with Gasteiger partial charge in [0.15, 0.2) is 12.3 Å². The van der Waals surface area contributed by atoms with Gasteiger partial charge in [0, 0.05) is 19.0 Å². The molecule has 0 amide bonds. The van der Waals surface area contributed by atoms with Gasteiger partial charge in [-0.2, -0.15) is 9.29 Å². The lowest BCUT2D eigenvalue weighted by molar-refractivity contribution is -0.161. The van der Waals surface area contributed by atoms with Gasteiger partial charge in [0.05, 0.1) is 25.4 Å². The van der Waals surface area contributed by atoms with Crippen molar-refractivity contribution >= 4 is 33.4 Å². The number of anilines is 1. The highest BCUT2D eigenvalue weighted by Gasteiger charge is 2.46. The second-order valence-electron chi connectivity index (χ2n) is 17.3. The van der Waals surface area contributed by atoms with E-state index in [0.29, 0.717) is 19.3 Å². The molecule has 2 fully saturated rings. The van der Waals surface area contributed by atoms with Crippen molar-refractivity contribution < 1.29 is 71.0 Å². The number of allylic oxidation sites excluding steroid dienone is 10. The van der Waals surface area contributed by atoms with E-state index in [1.165, 1.54) is 25.3 Å². The molecule has 9 atom stereocenters. The number of epoxide rings is 1. The summed E-state index contributed by atoms with van der Waals surface area (Å²) in [4.78, 5) is 61.9. The number of hydrogen-bond donors (Lipinski definition) is 5. The van der Waals surface area contributed by atoms with Gasteiger partial charge in [-0.1, -0.05) is 119 Å². The number of aliphatic hydroxyl groups is 2. The topological polar surface area (TPSA) is 278 Å². The number of rotatable bonds is 39. The number of nitrogen functional groups attached to an aromatic ring is 1. The smallest absolute Gasteiger partial charge is 0.462 e.